The lowest BCUT2D eigenvalue weighted by Crippen LogP contribution is -2.47. The number of methoxy groups -OCH3 is 1. The Labute approximate surface area is 155 Å². The van der Waals surface area contributed by atoms with E-state index in [0.29, 0.717) is 6.42 Å². The van der Waals surface area contributed by atoms with Crippen molar-refractivity contribution in [3.63, 3.8) is 0 Å². The Balaban J connectivity index is 2.53. The standard InChI is InChI=1S/C18H22BrNO5/c1-4-12(2)17(18(23)24-3)20-15(21)11-25-16(22)10-9-13-7-5-6-8-14(13)19/h5-10,12,17H,4,11H2,1-3H3,(H,20,21)/b10-9+/t12-,17+/m0/s1. The minimum absolute atomic E-state index is 0.0950. The van der Waals surface area contributed by atoms with Gasteiger partial charge in [0.25, 0.3) is 5.91 Å². The summed E-state index contributed by atoms with van der Waals surface area (Å²) in [7, 11) is 1.26. The molecule has 136 valence electrons. The van der Waals surface area contributed by atoms with E-state index in [1.165, 1.54) is 13.2 Å². The molecule has 2 atom stereocenters. The number of hydrogen-bond donors (Lipinski definition) is 1. The first-order chi connectivity index (χ1) is 11.9. The van der Waals surface area contributed by atoms with Crippen LogP contribution in [0.25, 0.3) is 6.08 Å². The second-order valence-electron chi connectivity index (χ2n) is 5.42. The number of amides is 1. The van der Waals surface area contributed by atoms with Crippen molar-refractivity contribution in [1.82, 2.24) is 5.32 Å². The molecule has 1 aromatic carbocycles. The van der Waals surface area contributed by atoms with Crippen molar-refractivity contribution in [2.24, 2.45) is 5.92 Å². The average Bonchev–Trinajstić information content (AvgIpc) is 2.62. The summed E-state index contributed by atoms with van der Waals surface area (Å²) in [6.07, 6.45) is 3.51. The molecule has 7 heteroatoms. The van der Waals surface area contributed by atoms with Gasteiger partial charge in [-0.05, 0) is 23.6 Å². The first-order valence-electron chi connectivity index (χ1n) is 7.85. The highest BCUT2D eigenvalue weighted by atomic mass is 79.9. The van der Waals surface area contributed by atoms with E-state index in [-0.39, 0.29) is 5.92 Å². The van der Waals surface area contributed by atoms with E-state index in [9.17, 15) is 14.4 Å². The number of nitrogens with one attached hydrogen (secondary N) is 1. The molecule has 0 heterocycles. The molecule has 0 radical (unpaired) electrons. The molecule has 0 saturated carbocycles. The zero-order valence-corrected chi connectivity index (χ0v) is 16.0. The Kier molecular flexibility index (Phi) is 8.91. The predicted molar refractivity (Wildman–Crippen MR) is 97.5 cm³/mol. The zero-order chi connectivity index (χ0) is 18.8. The summed E-state index contributed by atoms with van der Waals surface area (Å²) in [5.74, 6) is -1.83. The number of carbonyl (C=O) groups is 3. The lowest BCUT2D eigenvalue weighted by molar-refractivity contribution is -0.148. The van der Waals surface area contributed by atoms with Crippen molar-refractivity contribution >= 4 is 39.9 Å². The molecular weight excluding hydrogens is 390 g/mol. The molecule has 1 amide bonds. The van der Waals surface area contributed by atoms with Crippen LogP contribution in [0.15, 0.2) is 34.8 Å². The Bertz CT molecular complexity index is 644. The van der Waals surface area contributed by atoms with Crippen LogP contribution >= 0.6 is 15.9 Å². The van der Waals surface area contributed by atoms with Gasteiger partial charge in [-0.2, -0.15) is 0 Å². The maximum atomic E-state index is 11.9. The summed E-state index contributed by atoms with van der Waals surface area (Å²) in [6.45, 7) is 3.26. The van der Waals surface area contributed by atoms with Gasteiger partial charge in [0, 0.05) is 10.5 Å². The van der Waals surface area contributed by atoms with E-state index in [2.05, 4.69) is 26.0 Å². The Hall–Kier alpha value is -2.15. The lowest BCUT2D eigenvalue weighted by Gasteiger charge is -2.21. The highest BCUT2D eigenvalue weighted by Gasteiger charge is 2.26. The quantitative estimate of drug-likeness (QED) is 0.525. The molecule has 0 aliphatic rings. The van der Waals surface area contributed by atoms with E-state index in [0.717, 1.165) is 10.0 Å². The average molecular weight is 412 g/mol. The lowest BCUT2D eigenvalue weighted by atomic mass is 9.99. The van der Waals surface area contributed by atoms with Gasteiger partial charge in [0.1, 0.15) is 6.04 Å². The van der Waals surface area contributed by atoms with Crippen LogP contribution in [0, 0.1) is 5.92 Å². The van der Waals surface area contributed by atoms with Gasteiger partial charge >= 0.3 is 11.9 Å². The smallest absolute Gasteiger partial charge is 0.331 e. The number of carbonyl (C=O) groups excluding carboxylic acids is 3. The molecule has 0 fully saturated rings. The fourth-order valence-electron chi connectivity index (χ4n) is 1.96. The van der Waals surface area contributed by atoms with Crippen molar-refractivity contribution in [2.45, 2.75) is 26.3 Å². The Morgan fingerprint density at radius 2 is 1.96 bits per heavy atom. The Morgan fingerprint density at radius 1 is 1.28 bits per heavy atom. The minimum atomic E-state index is -0.767. The molecule has 0 bridgehead atoms. The molecule has 0 spiro atoms. The van der Waals surface area contributed by atoms with Crippen LogP contribution in [0.5, 0.6) is 0 Å². The van der Waals surface area contributed by atoms with Crippen LogP contribution in [0.2, 0.25) is 0 Å². The number of benzene rings is 1. The fraction of sp³-hybridized carbons (Fsp3) is 0.389. The van der Waals surface area contributed by atoms with Crippen LogP contribution in [-0.4, -0.2) is 37.6 Å². The summed E-state index contributed by atoms with van der Waals surface area (Å²) in [5, 5.41) is 2.53. The van der Waals surface area contributed by atoms with E-state index >= 15 is 0 Å². The normalized spacial score (nSPS) is 13.1. The minimum Gasteiger partial charge on any atom is -0.467 e. The molecule has 6 nitrogen and oxygen atoms in total. The second kappa shape index (κ2) is 10.7. The summed E-state index contributed by atoms with van der Waals surface area (Å²) < 4.78 is 10.4. The monoisotopic (exact) mass is 411 g/mol. The van der Waals surface area contributed by atoms with E-state index in [4.69, 9.17) is 4.74 Å². The molecule has 25 heavy (non-hydrogen) atoms. The second-order valence-corrected chi connectivity index (χ2v) is 6.27. The largest absolute Gasteiger partial charge is 0.467 e. The molecule has 0 aliphatic heterocycles. The van der Waals surface area contributed by atoms with E-state index in [1.807, 2.05) is 38.1 Å². The summed E-state index contributed by atoms with van der Waals surface area (Å²) in [5.41, 5.74) is 0.812. The number of halogens is 1. The van der Waals surface area contributed by atoms with Gasteiger partial charge in [-0.15, -0.1) is 0 Å². The molecule has 0 unspecified atom stereocenters. The van der Waals surface area contributed by atoms with Gasteiger partial charge in [0.2, 0.25) is 0 Å². The fourth-order valence-corrected chi connectivity index (χ4v) is 2.38. The van der Waals surface area contributed by atoms with Gasteiger partial charge in [-0.3, -0.25) is 4.79 Å². The van der Waals surface area contributed by atoms with E-state index < -0.39 is 30.5 Å². The summed E-state index contributed by atoms with van der Waals surface area (Å²) in [4.78, 5) is 35.3. The molecule has 0 saturated heterocycles. The van der Waals surface area contributed by atoms with Crippen LogP contribution in [0.4, 0.5) is 0 Å². The van der Waals surface area contributed by atoms with Gasteiger partial charge in [0.05, 0.1) is 7.11 Å². The van der Waals surface area contributed by atoms with Crippen LogP contribution in [0.1, 0.15) is 25.8 Å². The van der Waals surface area contributed by atoms with E-state index in [1.54, 1.807) is 6.08 Å². The third kappa shape index (κ3) is 7.09. The third-order valence-electron chi connectivity index (χ3n) is 3.63. The van der Waals surface area contributed by atoms with Crippen molar-refractivity contribution in [2.75, 3.05) is 13.7 Å². The first kappa shape index (κ1) is 20.9. The number of rotatable bonds is 8. The topological polar surface area (TPSA) is 81.7 Å². The summed E-state index contributed by atoms with van der Waals surface area (Å²) >= 11 is 3.37. The molecule has 1 aromatic rings. The molecular formula is C18H22BrNO5. The maximum Gasteiger partial charge on any atom is 0.331 e. The van der Waals surface area contributed by atoms with Gasteiger partial charge < -0.3 is 14.8 Å². The molecule has 1 N–H and O–H groups in total. The Morgan fingerprint density at radius 3 is 2.56 bits per heavy atom. The van der Waals surface area contributed by atoms with Gasteiger partial charge in [0.15, 0.2) is 6.61 Å². The highest BCUT2D eigenvalue weighted by Crippen LogP contribution is 2.17. The maximum absolute atomic E-state index is 11.9. The number of hydrogen-bond acceptors (Lipinski definition) is 5. The number of ether oxygens (including phenoxy) is 2. The van der Waals surface area contributed by atoms with Crippen LogP contribution in [-0.2, 0) is 23.9 Å². The SMILES string of the molecule is CC[C@H](C)[C@@H](NC(=O)COC(=O)/C=C/c1ccccc1Br)C(=O)OC. The predicted octanol–water partition coefficient (Wildman–Crippen LogP) is 2.71. The molecule has 1 rings (SSSR count). The highest BCUT2D eigenvalue weighted by molar-refractivity contribution is 9.10. The van der Waals surface area contributed by atoms with Crippen molar-refractivity contribution in [3.05, 3.63) is 40.4 Å². The third-order valence-corrected chi connectivity index (χ3v) is 4.36. The van der Waals surface area contributed by atoms with Crippen molar-refractivity contribution in [1.29, 1.82) is 0 Å². The van der Waals surface area contributed by atoms with Gasteiger partial charge in [-0.25, -0.2) is 9.59 Å². The van der Waals surface area contributed by atoms with Gasteiger partial charge in [-0.1, -0.05) is 54.4 Å². The molecule has 0 aromatic heterocycles. The van der Waals surface area contributed by atoms with Crippen LogP contribution in [0.3, 0.4) is 0 Å². The summed E-state index contributed by atoms with van der Waals surface area (Å²) in [6, 6.07) is 6.61. The van der Waals surface area contributed by atoms with Crippen LogP contribution < -0.4 is 5.32 Å². The first-order valence-corrected chi connectivity index (χ1v) is 8.64. The number of esters is 2. The molecule has 0 aliphatic carbocycles. The van der Waals surface area contributed by atoms with Crippen molar-refractivity contribution < 1.29 is 23.9 Å². The van der Waals surface area contributed by atoms with Crippen molar-refractivity contribution in [3.8, 4) is 0 Å². The zero-order valence-electron chi connectivity index (χ0n) is 14.5.